The van der Waals surface area contributed by atoms with E-state index in [1.807, 2.05) is 0 Å². The summed E-state index contributed by atoms with van der Waals surface area (Å²) in [5, 5.41) is 9.81. The quantitative estimate of drug-likeness (QED) is 0.901. The van der Waals surface area contributed by atoms with Gasteiger partial charge in [-0.2, -0.15) is 0 Å². The average Bonchev–Trinajstić information content (AvgIpc) is 3.22. The van der Waals surface area contributed by atoms with Crippen molar-refractivity contribution >= 4 is 5.91 Å². The lowest BCUT2D eigenvalue weighted by Gasteiger charge is -2.28. The summed E-state index contributed by atoms with van der Waals surface area (Å²) >= 11 is 0. The predicted octanol–water partition coefficient (Wildman–Crippen LogP) is 1.75. The number of methoxy groups -OCH3 is 1. The first-order valence-electron chi connectivity index (χ1n) is 8.09. The van der Waals surface area contributed by atoms with Crippen molar-refractivity contribution in [2.75, 3.05) is 27.3 Å². The highest BCUT2D eigenvalue weighted by atomic mass is 16.5. The summed E-state index contributed by atoms with van der Waals surface area (Å²) in [4.78, 5) is 14.4. The Labute approximate surface area is 132 Å². The van der Waals surface area contributed by atoms with Gasteiger partial charge in [-0.3, -0.25) is 4.79 Å². The summed E-state index contributed by atoms with van der Waals surface area (Å²) in [6, 6.07) is 8.56. The molecule has 3 atom stereocenters. The monoisotopic (exact) mass is 303 g/mol. The number of carbonyl (C=O) groups excluding carboxylic acids is 1. The average molecular weight is 303 g/mol. The third kappa shape index (κ3) is 2.66. The Morgan fingerprint density at radius 3 is 3.05 bits per heavy atom. The minimum atomic E-state index is -0.618. The summed E-state index contributed by atoms with van der Waals surface area (Å²) in [6.45, 7) is 0.594. The SMILES string of the molecule is COCC(O)CN(C)C(=O)C1CC12CCCc1ccccc12. The highest BCUT2D eigenvalue weighted by molar-refractivity contribution is 5.84. The summed E-state index contributed by atoms with van der Waals surface area (Å²) in [5.41, 5.74) is 2.85. The molecule has 2 aliphatic carbocycles. The van der Waals surface area contributed by atoms with Crippen LogP contribution in [-0.2, 0) is 21.4 Å². The molecule has 1 aromatic carbocycles. The van der Waals surface area contributed by atoms with E-state index in [0.717, 1.165) is 25.7 Å². The van der Waals surface area contributed by atoms with Gasteiger partial charge in [-0.25, -0.2) is 0 Å². The summed E-state index contributed by atoms with van der Waals surface area (Å²) in [7, 11) is 3.34. The molecule has 1 amide bonds. The molecule has 1 N–H and O–H groups in total. The summed E-state index contributed by atoms with van der Waals surface area (Å²) in [5.74, 6) is 0.237. The second-order valence-electron chi connectivity index (χ2n) is 6.75. The smallest absolute Gasteiger partial charge is 0.226 e. The van der Waals surface area contributed by atoms with Crippen LogP contribution in [0.5, 0.6) is 0 Å². The zero-order chi connectivity index (χ0) is 15.7. The number of ether oxygens (including phenoxy) is 1. The van der Waals surface area contributed by atoms with Crippen molar-refractivity contribution in [2.45, 2.75) is 37.2 Å². The van der Waals surface area contributed by atoms with Gasteiger partial charge in [0.1, 0.15) is 0 Å². The maximum absolute atomic E-state index is 12.7. The van der Waals surface area contributed by atoms with Gasteiger partial charge in [-0.1, -0.05) is 24.3 Å². The highest BCUT2D eigenvalue weighted by Crippen LogP contribution is 2.60. The molecular formula is C18H25NO3. The van der Waals surface area contributed by atoms with Crippen LogP contribution in [0.3, 0.4) is 0 Å². The van der Waals surface area contributed by atoms with Gasteiger partial charge in [0.2, 0.25) is 5.91 Å². The molecule has 0 aromatic heterocycles. The minimum Gasteiger partial charge on any atom is -0.389 e. The van der Waals surface area contributed by atoms with E-state index < -0.39 is 6.10 Å². The second-order valence-corrected chi connectivity index (χ2v) is 6.75. The van der Waals surface area contributed by atoms with E-state index in [0.29, 0.717) is 6.54 Å². The largest absolute Gasteiger partial charge is 0.389 e. The van der Waals surface area contributed by atoms with E-state index in [-0.39, 0.29) is 23.8 Å². The molecular weight excluding hydrogens is 278 g/mol. The summed E-state index contributed by atoms with van der Waals surface area (Å²) in [6.07, 6.45) is 3.73. The molecule has 2 aliphatic rings. The number of aliphatic hydroxyl groups excluding tert-OH is 1. The molecule has 4 nitrogen and oxygen atoms in total. The van der Waals surface area contributed by atoms with Gasteiger partial charge in [0.25, 0.3) is 0 Å². The number of fused-ring (bicyclic) bond motifs is 2. The molecule has 1 fully saturated rings. The number of amides is 1. The third-order valence-corrected chi connectivity index (χ3v) is 5.22. The van der Waals surface area contributed by atoms with Crippen molar-refractivity contribution in [2.24, 2.45) is 5.92 Å². The van der Waals surface area contributed by atoms with E-state index in [1.54, 1.807) is 19.1 Å². The lowest BCUT2D eigenvalue weighted by atomic mass is 9.78. The molecule has 1 aromatic rings. The van der Waals surface area contributed by atoms with Gasteiger partial charge in [0, 0.05) is 32.0 Å². The van der Waals surface area contributed by atoms with Crippen molar-refractivity contribution < 1.29 is 14.6 Å². The third-order valence-electron chi connectivity index (χ3n) is 5.22. The Bertz CT molecular complexity index is 559. The van der Waals surface area contributed by atoms with Crippen molar-refractivity contribution in [1.82, 2.24) is 4.90 Å². The Kier molecular flexibility index (Phi) is 4.24. The van der Waals surface area contributed by atoms with Crippen LogP contribution in [0.1, 0.15) is 30.4 Å². The lowest BCUT2D eigenvalue weighted by Crippen LogP contribution is -2.38. The number of aryl methyl sites for hydroxylation is 1. The normalized spacial score (nSPS) is 27.3. The standard InChI is InChI=1S/C18H25NO3/c1-19(11-14(20)12-22-2)17(21)16-10-18(16)9-5-7-13-6-3-4-8-15(13)18/h3-4,6,8,14,16,20H,5,7,9-12H2,1-2H3. The van der Waals surface area contributed by atoms with Crippen LogP contribution in [0, 0.1) is 5.92 Å². The summed E-state index contributed by atoms with van der Waals surface area (Å²) < 4.78 is 4.93. The van der Waals surface area contributed by atoms with Gasteiger partial charge in [0.15, 0.2) is 0 Å². The van der Waals surface area contributed by atoms with Crippen LogP contribution in [0.15, 0.2) is 24.3 Å². The number of carbonyl (C=O) groups is 1. The van der Waals surface area contributed by atoms with Crippen LogP contribution in [0.4, 0.5) is 0 Å². The number of likely N-dealkylation sites (N-methyl/N-ethyl adjacent to an activating group) is 1. The molecule has 0 saturated heterocycles. The van der Waals surface area contributed by atoms with Gasteiger partial charge in [0.05, 0.1) is 12.7 Å². The van der Waals surface area contributed by atoms with Crippen LogP contribution in [0.25, 0.3) is 0 Å². The van der Waals surface area contributed by atoms with E-state index >= 15 is 0 Å². The molecule has 1 spiro atoms. The maximum Gasteiger partial charge on any atom is 0.226 e. The van der Waals surface area contributed by atoms with Crippen LogP contribution in [-0.4, -0.2) is 49.3 Å². The zero-order valence-corrected chi connectivity index (χ0v) is 13.4. The van der Waals surface area contributed by atoms with Crippen LogP contribution >= 0.6 is 0 Å². The van der Waals surface area contributed by atoms with Gasteiger partial charge >= 0.3 is 0 Å². The van der Waals surface area contributed by atoms with Crippen LogP contribution < -0.4 is 0 Å². The van der Waals surface area contributed by atoms with Crippen molar-refractivity contribution in [1.29, 1.82) is 0 Å². The molecule has 0 aliphatic heterocycles. The Morgan fingerprint density at radius 1 is 1.50 bits per heavy atom. The Hall–Kier alpha value is -1.39. The number of benzene rings is 1. The highest BCUT2D eigenvalue weighted by Gasteiger charge is 2.60. The topological polar surface area (TPSA) is 49.8 Å². The number of hydrogen-bond donors (Lipinski definition) is 1. The lowest BCUT2D eigenvalue weighted by molar-refractivity contribution is -0.133. The van der Waals surface area contributed by atoms with Crippen molar-refractivity contribution in [3.63, 3.8) is 0 Å². The fourth-order valence-electron chi connectivity index (χ4n) is 4.07. The fourth-order valence-corrected chi connectivity index (χ4v) is 4.07. The Morgan fingerprint density at radius 2 is 2.27 bits per heavy atom. The first-order valence-corrected chi connectivity index (χ1v) is 8.09. The molecule has 0 bridgehead atoms. The number of nitrogens with zero attached hydrogens (tertiary/aromatic N) is 1. The van der Waals surface area contributed by atoms with E-state index in [2.05, 4.69) is 24.3 Å². The molecule has 120 valence electrons. The van der Waals surface area contributed by atoms with Gasteiger partial charge < -0.3 is 14.7 Å². The van der Waals surface area contributed by atoms with Crippen molar-refractivity contribution in [3.8, 4) is 0 Å². The zero-order valence-electron chi connectivity index (χ0n) is 13.4. The molecule has 4 heteroatoms. The molecule has 3 unspecified atom stereocenters. The van der Waals surface area contributed by atoms with Crippen molar-refractivity contribution in [3.05, 3.63) is 35.4 Å². The maximum atomic E-state index is 12.7. The first kappa shape index (κ1) is 15.5. The predicted molar refractivity (Wildman–Crippen MR) is 84.7 cm³/mol. The molecule has 1 saturated carbocycles. The minimum absolute atomic E-state index is 0.0619. The number of rotatable bonds is 5. The number of aliphatic hydroxyl groups is 1. The first-order chi connectivity index (χ1) is 10.6. The Balaban J connectivity index is 1.70. The van der Waals surface area contributed by atoms with Gasteiger partial charge in [-0.05, 0) is 36.8 Å². The molecule has 0 radical (unpaired) electrons. The van der Waals surface area contributed by atoms with E-state index in [1.165, 1.54) is 11.1 Å². The molecule has 22 heavy (non-hydrogen) atoms. The van der Waals surface area contributed by atoms with Gasteiger partial charge in [-0.15, -0.1) is 0 Å². The van der Waals surface area contributed by atoms with E-state index in [4.69, 9.17) is 4.74 Å². The van der Waals surface area contributed by atoms with Crippen LogP contribution in [0.2, 0.25) is 0 Å². The fraction of sp³-hybridized carbons (Fsp3) is 0.611. The molecule has 3 rings (SSSR count). The number of hydrogen-bond acceptors (Lipinski definition) is 3. The van der Waals surface area contributed by atoms with E-state index in [9.17, 15) is 9.90 Å². The second kappa shape index (κ2) is 6.01. The molecule has 0 heterocycles.